The number of nitrogens with zero attached hydrogens (tertiary/aromatic N) is 7. The zero-order chi connectivity index (χ0) is 34.5. The summed E-state index contributed by atoms with van der Waals surface area (Å²) < 4.78 is 16.3. The third-order valence-corrected chi connectivity index (χ3v) is 9.06. The number of hydrogen-bond donors (Lipinski definition) is 1. The minimum atomic E-state index is -0.311. The summed E-state index contributed by atoms with van der Waals surface area (Å²) in [5, 5.41) is 3.40. The maximum atomic E-state index is 13.6. The fraction of sp³-hybridized carbons (Fsp3) is 0.270. The van der Waals surface area contributed by atoms with Crippen molar-refractivity contribution in [2.45, 2.75) is 19.5 Å². The van der Waals surface area contributed by atoms with E-state index in [-0.39, 0.29) is 6.03 Å². The minimum Gasteiger partial charge on any atom is -0.497 e. The van der Waals surface area contributed by atoms with E-state index in [4.69, 9.17) is 45.7 Å². The van der Waals surface area contributed by atoms with Crippen molar-refractivity contribution < 1.29 is 19.0 Å². The van der Waals surface area contributed by atoms with Gasteiger partial charge >= 0.3 is 6.03 Å². The number of nitrogens with one attached hydrogen (secondary N) is 1. The lowest BCUT2D eigenvalue weighted by Crippen LogP contribution is -2.38. The van der Waals surface area contributed by atoms with Gasteiger partial charge in [-0.15, -0.1) is 0 Å². The first-order valence-electron chi connectivity index (χ1n) is 16.4. The number of methoxy groups -OCH3 is 2. The first kappa shape index (κ1) is 33.1. The van der Waals surface area contributed by atoms with Gasteiger partial charge in [-0.3, -0.25) is 4.90 Å². The molecule has 2 aliphatic heterocycles. The summed E-state index contributed by atoms with van der Waals surface area (Å²) in [5.74, 6) is 3.25. The van der Waals surface area contributed by atoms with Crippen LogP contribution in [0.2, 0.25) is 5.02 Å². The van der Waals surface area contributed by atoms with Crippen molar-refractivity contribution in [3.05, 3.63) is 107 Å². The van der Waals surface area contributed by atoms with Crippen molar-refractivity contribution in [2.24, 2.45) is 0 Å². The third-order valence-electron chi connectivity index (χ3n) is 8.73. The van der Waals surface area contributed by atoms with E-state index in [1.165, 1.54) is 0 Å². The summed E-state index contributed by atoms with van der Waals surface area (Å²) in [7, 11) is 3.31. The summed E-state index contributed by atoms with van der Waals surface area (Å²) in [6.07, 6.45) is 4.18. The van der Waals surface area contributed by atoms with Gasteiger partial charge in [0.05, 0.1) is 43.8 Å². The Morgan fingerprint density at radius 1 is 0.860 bits per heavy atom. The summed E-state index contributed by atoms with van der Waals surface area (Å²) >= 11 is 6.35. The van der Waals surface area contributed by atoms with Crippen LogP contribution >= 0.6 is 11.6 Å². The van der Waals surface area contributed by atoms with Gasteiger partial charge in [-0.25, -0.2) is 19.7 Å². The van der Waals surface area contributed by atoms with Gasteiger partial charge in [0, 0.05) is 56.2 Å². The SMILES string of the molecule is COc1ccc(CN(Cc2ccc(OC)cc2)c2ncc(-c3nc(N4CCOCC4)nc4c3CCN4C(=O)Nc3ccccc3Cl)cn2)cc1. The highest BCUT2D eigenvalue weighted by molar-refractivity contribution is 6.33. The molecule has 0 unspecified atom stereocenters. The van der Waals surface area contributed by atoms with Crippen molar-refractivity contribution >= 4 is 41.0 Å². The molecule has 12 nitrogen and oxygen atoms in total. The van der Waals surface area contributed by atoms with Crippen LogP contribution in [-0.4, -0.2) is 73.0 Å². The molecule has 2 aromatic heterocycles. The van der Waals surface area contributed by atoms with E-state index < -0.39 is 0 Å². The molecule has 2 aliphatic rings. The maximum absolute atomic E-state index is 13.6. The molecular formula is C37H37ClN8O4. The quantitative estimate of drug-likeness (QED) is 0.180. The van der Waals surface area contributed by atoms with Crippen LogP contribution in [0.1, 0.15) is 16.7 Å². The van der Waals surface area contributed by atoms with Gasteiger partial charge in [0.2, 0.25) is 11.9 Å². The van der Waals surface area contributed by atoms with Gasteiger partial charge in [0.1, 0.15) is 17.3 Å². The number of ether oxygens (including phenoxy) is 3. The highest BCUT2D eigenvalue weighted by Crippen LogP contribution is 2.36. The van der Waals surface area contributed by atoms with E-state index in [1.54, 1.807) is 43.6 Å². The minimum absolute atomic E-state index is 0.311. The number of hydrogen-bond acceptors (Lipinski definition) is 10. The molecule has 256 valence electrons. The summed E-state index contributed by atoms with van der Waals surface area (Å²) in [5.41, 5.74) is 5.02. The molecule has 13 heteroatoms. The Hall–Kier alpha value is -5.46. The van der Waals surface area contributed by atoms with Gasteiger partial charge in [-0.1, -0.05) is 48.0 Å². The maximum Gasteiger partial charge on any atom is 0.327 e. The second kappa shape index (κ2) is 15.0. The lowest BCUT2D eigenvalue weighted by Gasteiger charge is -2.28. The van der Waals surface area contributed by atoms with Crippen LogP contribution in [-0.2, 0) is 24.2 Å². The highest BCUT2D eigenvalue weighted by Gasteiger charge is 2.32. The van der Waals surface area contributed by atoms with Crippen molar-refractivity contribution in [2.75, 3.05) is 67.1 Å². The van der Waals surface area contributed by atoms with Gasteiger partial charge in [-0.05, 0) is 53.9 Å². The van der Waals surface area contributed by atoms with Crippen LogP contribution in [0, 0.1) is 0 Å². The predicted molar refractivity (Wildman–Crippen MR) is 193 cm³/mol. The van der Waals surface area contributed by atoms with Crippen LogP contribution in [0.15, 0.2) is 85.2 Å². The number of fused-ring (bicyclic) bond motifs is 1. The lowest BCUT2D eigenvalue weighted by atomic mass is 10.1. The van der Waals surface area contributed by atoms with Gasteiger partial charge in [-0.2, -0.15) is 4.98 Å². The van der Waals surface area contributed by atoms with Crippen LogP contribution in [0.4, 0.5) is 28.2 Å². The van der Waals surface area contributed by atoms with E-state index in [0.717, 1.165) is 33.8 Å². The van der Waals surface area contributed by atoms with Crippen molar-refractivity contribution in [1.29, 1.82) is 0 Å². The number of aromatic nitrogens is 4. The summed E-state index contributed by atoms with van der Waals surface area (Å²) in [6, 6.07) is 22.8. The summed E-state index contributed by atoms with van der Waals surface area (Å²) in [6.45, 7) is 4.03. The number of carbonyl (C=O) groups excluding carboxylic acids is 1. The number of benzene rings is 3. The fourth-order valence-electron chi connectivity index (χ4n) is 6.04. The zero-order valence-corrected chi connectivity index (χ0v) is 28.6. The Morgan fingerprint density at radius 2 is 1.48 bits per heavy atom. The number of rotatable bonds is 10. The number of amides is 2. The van der Waals surface area contributed by atoms with E-state index in [0.29, 0.717) is 86.5 Å². The van der Waals surface area contributed by atoms with Crippen LogP contribution in [0.5, 0.6) is 11.5 Å². The molecule has 0 atom stereocenters. The Kier molecular flexibility index (Phi) is 9.90. The van der Waals surface area contributed by atoms with Crippen LogP contribution in [0.3, 0.4) is 0 Å². The van der Waals surface area contributed by atoms with Crippen molar-refractivity contribution in [3.63, 3.8) is 0 Å². The van der Waals surface area contributed by atoms with Crippen LogP contribution in [0.25, 0.3) is 11.3 Å². The highest BCUT2D eigenvalue weighted by atomic mass is 35.5. The standard InChI is InChI=1S/C37H37ClN8O4/c1-48-28-11-7-25(8-12-28)23-45(24-26-9-13-29(49-2)14-10-26)35-39-21-27(22-40-35)33-30-15-16-46(37(47)41-32-6-4-3-5-31(32)38)34(30)43-36(42-33)44-17-19-50-20-18-44/h3-14,21-22H,15-20,23-24H2,1-2H3,(H,41,47). The third kappa shape index (κ3) is 7.26. The van der Waals surface area contributed by atoms with Crippen molar-refractivity contribution in [1.82, 2.24) is 19.9 Å². The molecule has 2 amide bonds. The molecule has 4 heterocycles. The molecule has 0 spiro atoms. The average molecular weight is 693 g/mol. The first-order chi connectivity index (χ1) is 24.5. The van der Waals surface area contributed by atoms with Gasteiger partial charge in [0.15, 0.2) is 0 Å². The van der Waals surface area contributed by atoms with E-state index in [9.17, 15) is 4.79 Å². The lowest BCUT2D eigenvalue weighted by molar-refractivity contribution is 0.122. The fourth-order valence-corrected chi connectivity index (χ4v) is 6.22. The van der Waals surface area contributed by atoms with Crippen LogP contribution < -0.4 is 29.5 Å². The summed E-state index contributed by atoms with van der Waals surface area (Å²) in [4.78, 5) is 39.1. The Morgan fingerprint density at radius 3 is 2.08 bits per heavy atom. The van der Waals surface area contributed by atoms with Gasteiger partial charge < -0.3 is 29.3 Å². The molecule has 0 aliphatic carbocycles. The number of para-hydroxylation sites is 1. The molecule has 1 saturated heterocycles. The van der Waals surface area contributed by atoms with E-state index >= 15 is 0 Å². The molecule has 3 aromatic carbocycles. The van der Waals surface area contributed by atoms with E-state index in [2.05, 4.69) is 15.1 Å². The number of halogens is 1. The Bertz CT molecular complexity index is 1890. The molecule has 1 N–H and O–H groups in total. The predicted octanol–water partition coefficient (Wildman–Crippen LogP) is 6.24. The molecule has 0 bridgehead atoms. The number of anilines is 4. The molecule has 1 fully saturated rings. The van der Waals surface area contributed by atoms with Crippen molar-refractivity contribution in [3.8, 4) is 22.8 Å². The number of urea groups is 1. The largest absolute Gasteiger partial charge is 0.497 e. The molecule has 5 aromatic rings. The number of morpholine rings is 1. The molecule has 7 rings (SSSR count). The molecular weight excluding hydrogens is 656 g/mol. The molecule has 0 radical (unpaired) electrons. The smallest absolute Gasteiger partial charge is 0.327 e. The normalized spacial score (nSPS) is 13.9. The first-order valence-corrected chi connectivity index (χ1v) is 16.8. The number of carbonyl (C=O) groups is 1. The monoisotopic (exact) mass is 692 g/mol. The van der Waals surface area contributed by atoms with E-state index in [1.807, 2.05) is 60.7 Å². The topological polar surface area (TPSA) is 118 Å². The van der Waals surface area contributed by atoms with Gasteiger partial charge in [0.25, 0.3) is 0 Å². The second-order valence-corrected chi connectivity index (χ2v) is 12.3. The zero-order valence-electron chi connectivity index (χ0n) is 27.9. The molecule has 50 heavy (non-hydrogen) atoms. The molecule has 0 saturated carbocycles. The Balaban J connectivity index is 1.21. The average Bonchev–Trinajstić information content (AvgIpc) is 3.60. The Labute approximate surface area is 295 Å². The second-order valence-electron chi connectivity index (χ2n) is 11.9.